The van der Waals surface area contributed by atoms with E-state index >= 15 is 0 Å². The number of aromatic amines is 1. The number of aromatic nitrogens is 2. The van der Waals surface area contributed by atoms with Gasteiger partial charge in [0.05, 0.1) is 11.0 Å². The number of fused-ring (bicyclic) bond motifs is 2. The van der Waals surface area contributed by atoms with Crippen LogP contribution >= 0.6 is 0 Å². The van der Waals surface area contributed by atoms with Crippen molar-refractivity contribution in [1.82, 2.24) is 20.2 Å². The van der Waals surface area contributed by atoms with E-state index in [1.807, 2.05) is 36.4 Å². The summed E-state index contributed by atoms with van der Waals surface area (Å²) in [5.74, 6) is -2.75. The minimum Gasteiger partial charge on any atom is -0.475 e. The van der Waals surface area contributed by atoms with Gasteiger partial charge in [-0.25, -0.2) is 14.6 Å². The van der Waals surface area contributed by atoms with E-state index in [-0.39, 0.29) is 24.5 Å². The number of alkyl halides is 3. The Morgan fingerprint density at radius 2 is 1.70 bits per heavy atom. The van der Waals surface area contributed by atoms with Crippen molar-refractivity contribution in [2.45, 2.75) is 37.4 Å². The third-order valence-electron chi connectivity index (χ3n) is 7.26. The van der Waals surface area contributed by atoms with Crippen LogP contribution in [-0.4, -0.2) is 68.4 Å². The van der Waals surface area contributed by atoms with E-state index < -0.39 is 24.0 Å². The van der Waals surface area contributed by atoms with Crippen LogP contribution in [0.5, 0.6) is 0 Å². The lowest BCUT2D eigenvalue weighted by Crippen LogP contribution is -2.44. The van der Waals surface area contributed by atoms with Crippen molar-refractivity contribution in [2.75, 3.05) is 18.4 Å². The maximum absolute atomic E-state index is 13.4. The molecule has 0 spiro atoms. The Kier molecular flexibility index (Phi) is 8.56. The number of carbonyl (C=O) groups is 3. The monoisotopic (exact) mass is 611 g/mol. The number of H-pyrrole nitrogens is 1. The summed E-state index contributed by atoms with van der Waals surface area (Å²) >= 11 is 0. The van der Waals surface area contributed by atoms with Gasteiger partial charge in [-0.15, -0.1) is 0 Å². The molecule has 2 amide bonds. The number of hydrogen-bond acceptors (Lipinski definition) is 7. The van der Waals surface area contributed by atoms with E-state index in [1.54, 1.807) is 36.4 Å². The van der Waals surface area contributed by atoms with Crippen molar-refractivity contribution in [3.63, 3.8) is 0 Å². The number of anilines is 1. The Morgan fingerprint density at radius 1 is 1.05 bits per heavy atom. The molecule has 6 rings (SSSR count). The number of carboxylic acid groups (broad SMARTS) is 1. The Balaban J connectivity index is 0.000000493. The van der Waals surface area contributed by atoms with E-state index in [9.17, 15) is 27.9 Å². The van der Waals surface area contributed by atoms with Crippen LogP contribution in [0.3, 0.4) is 0 Å². The third-order valence-corrected chi connectivity index (χ3v) is 7.26. The number of carboxylic acids is 1. The molecule has 3 heterocycles. The van der Waals surface area contributed by atoms with Gasteiger partial charge in [0.25, 0.3) is 5.91 Å². The summed E-state index contributed by atoms with van der Waals surface area (Å²) in [4.78, 5) is 43.7. The summed E-state index contributed by atoms with van der Waals surface area (Å²) in [6.45, 7) is 1.88. The van der Waals surface area contributed by atoms with Gasteiger partial charge in [0.1, 0.15) is 6.10 Å². The van der Waals surface area contributed by atoms with Gasteiger partial charge in [0.2, 0.25) is 5.95 Å². The molecule has 1 fully saturated rings. The molecular formula is C30H28F3N5O6. The number of hydrogen-bond donors (Lipinski definition) is 5. The van der Waals surface area contributed by atoms with Crippen molar-refractivity contribution < 1.29 is 42.5 Å². The molecule has 0 aliphatic carbocycles. The van der Waals surface area contributed by atoms with Gasteiger partial charge in [0, 0.05) is 23.2 Å². The third kappa shape index (κ3) is 6.35. The molecule has 230 valence electrons. The number of rotatable bonds is 5. The highest BCUT2D eigenvalue weighted by atomic mass is 19.4. The summed E-state index contributed by atoms with van der Waals surface area (Å²) < 4.78 is 37.2. The topological polar surface area (TPSA) is 157 Å². The summed E-state index contributed by atoms with van der Waals surface area (Å²) in [6.07, 6.45) is -4.22. The molecule has 0 saturated carbocycles. The van der Waals surface area contributed by atoms with E-state index in [1.165, 1.54) is 4.90 Å². The van der Waals surface area contributed by atoms with Gasteiger partial charge < -0.3 is 25.3 Å². The lowest BCUT2D eigenvalue weighted by atomic mass is 9.93. The highest BCUT2D eigenvalue weighted by Gasteiger charge is 2.49. The highest BCUT2D eigenvalue weighted by molar-refractivity contribution is 6.00. The second-order valence-corrected chi connectivity index (χ2v) is 10.2. The fourth-order valence-corrected chi connectivity index (χ4v) is 5.15. The van der Waals surface area contributed by atoms with Crippen molar-refractivity contribution in [1.29, 1.82) is 0 Å². The van der Waals surface area contributed by atoms with Crippen LogP contribution in [0.2, 0.25) is 0 Å². The molecule has 1 saturated heterocycles. The number of halogens is 3. The number of benzene rings is 3. The molecule has 2 aliphatic rings. The zero-order valence-corrected chi connectivity index (χ0v) is 23.1. The first kappa shape index (κ1) is 30.5. The fourth-order valence-electron chi connectivity index (χ4n) is 5.15. The quantitative estimate of drug-likeness (QED) is 0.223. The minimum absolute atomic E-state index is 0.123. The summed E-state index contributed by atoms with van der Waals surface area (Å²) in [5.41, 5.74) is 1.96. The Bertz CT molecular complexity index is 1670. The second kappa shape index (κ2) is 12.3. The molecule has 1 aromatic heterocycles. The van der Waals surface area contributed by atoms with Crippen molar-refractivity contribution in [2.24, 2.45) is 0 Å². The van der Waals surface area contributed by atoms with E-state index in [0.717, 1.165) is 31.5 Å². The first-order chi connectivity index (χ1) is 21.0. The van der Waals surface area contributed by atoms with Gasteiger partial charge in [-0.05, 0) is 49.7 Å². The second-order valence-electron chi connectivity index (χ2n) is 10.2. The number of amides is 2. The van der Waals surface area contributed by atoms with Crippen molar-refractivity contribution in [3.05, 3.63) is 95.1 Å². The van der Waals surface area contributed by atoms with Crippen LogP contribution in [0.25, 0.3) is 11.0 Å². The molecule has 11 nitrogen and oxygen atoms in total. The van der Waals surface area contributed by atoms with Gasteiger partial charge in [-0.3, -0.25) is 15.0 Å². The number of aliphatic carboxylic acids is 1. The standard InChI is InChI=1S/C28H27N5O4.C2HF3O2/c34-25-21-8-4-5-9-22(21)28(36,33(25)17-18-6-2-1-3-7-18)19-10-11-23-24(16-19)31-26(30-23)32-27(35)37-20-12-14-29-15-13-20;3-2(4,5)1(6)7/h1-11,16,20,29,36H,12-15,17H2,(H2,30,31,32,35);(H,6,7). The molecule has 4 aromatic rings. The van der Waals surface area contributed by atoms with Gasteiger partial charge >= 0.3 is 18.2 Å². The molecular weight excluding hydrogens is 583 g/mol. The Hall–Kier alpha value is -4.95. The minimum atomic E-state index is -5.08. The zero-order valence-electron chi connectivity index (χ0n) is 23.1. The number of piperidine rings is 1. The fraction of sp³-hybridized carbons (Fsp3) is 0.267. The van der Waals surface area contributed by atoms with Crippen LogP contribution in [0.15, 0.2) is 72.8 Å². The molecule has 1 atom stereocenters. The normalized spacial score (nSPS) is 18.4. The zero-order chi connectivity index (χ0) is 31.5. The van der Waals surface area contributed by atoms with Crippen LogP contribution in [0, 0.1) is 0 Å². The molecule has 0 bridgehead atoms. The average Bonchev–Trinajstić information content (AvgIpc) is 3.50. The van der Waals surface area contributed by atoms with E-state index in [0.29, 0.717) is 27.7 Å². The van der Waals surface area contributed by atoms with Crippen LogP contribution in [0.1, 0.15) is 39.9 Å². The van der Waals surface area contributed by atoms with Crippen LogP contribution in [-0.2, 0) is 21.8 Å². The Morgan fingerprint density at radius 3 is 2.39 bits per heavy atom. The molecule has 14 heteroatoms. The molecule has 5 N–H and O–H groups in total. The predicted molar refractivity (Wildman–Crippen MR) is 152 cm³/mol. The number of carbonyl (C=O) groups excluding carboxylic acids is 2. The molecule has 44 heavy (non-hydrogen) atoms. The number of nitrogens with zero attached hydrogens (tertiary/aromatic N) is 2. The first-order valence-corrected chi connectivity index (χ1v) is 13.6. The lowest BCUT2D eigenvalue weighted by Gasteiger charge is -2.35. The van der Waals surface area contributed by atoms with Gasteiger partial charge in [-0.2, -0.15) is 13.2 Å². The van der Waals surface area contributed by atoms with E-state index in [2.05, 4.69) is 20.6 Å². The number of ether oxygens (including phenoxy) is 1. The number of nitrogens with one attached hydrogen (secondary N) is 3. The number of imidazole rings is 1. The summed E-state index contributed by atoms with van der Waals surface area (Å²) in [6, 6.07) is 22.0. The lowest BCUT2D eigenvalue weighted by molar-refractivity contribution is -0.192. The highest BCUT2D eigenvalue weighted by Crippen LogP contribution is 2.43. The molecule has 3 aromatic carbocycles. The smallest absolute Gasteiger partial charge is 0.475 e. The van der Waals surface area contributed by atoms with Crippen LogP contribution in [0.4, 0.5) is 23.9 Å². The Labute approximate surface area is 248 Å². The van der Waals surface area contributed by atoms with Crippen LogP contribution < -0.4 is 10.6 Å². The largest absolute Gasteiger partial charge is 0.490 e. The molecule has 0 radical (unpaired) electrons. The SMILES string of the molecule is O=C(Nc1nc2ccc(C3(O)c4ccccc4C(=O)N3Cc3ccccc3)cc2[nH]1)OC1CCNCC1.O=C(O)C(F)(F)F. The summed E-state index contributed by atoms with van der Waals surface area (Å²) in [7, 11) is 0. The van der Waals surface area contributed by atoms with Crippen molar-refractivity contribution >= 4 is 35.0 Å². The van der Waals surface area contributed by atoms with E-state index in [4.69, 9.17) is 14.6 Å². The summed E-state index contributed by atoms with van der Waals surface area (Å²) in [5, 5.41) is 25.2. The maximum Gasteiger partial charge on any atom is 0.490 e. The predicted octanol–water partition coefficient (Wildman–Crippen LogP) is 4.35. The molecule has 2 aliphatic heterocycles. The number of aliphatic hydroxyl groups is 1. The maximum atomic E-state index is 13.4. The van der Waals surface area contributed by atoms with Gasteiger partial charge in [0.15, 0.2) is 5.72 Å². The van der Waals surface area contributed by atoms with Gasteiger partial charge in [-0.1, -0.05) is 54.6 Å². The average molecular weight is 612 g/mol. The van der Waals surface area contributed by atoms with Crippen molar-refractivity contribution in [3.8, 4) is 0 Å². The molecule has 1 unspecified atom stereocenters. The first-order valence-electron chi connectivity index (χ1n) is 13.6.